The van der Waals surface area contributed by atoms with Crippen LogP contribution in [-0.4, -0.2) is 64.1 Å². The number of rotatable bonds is 7. The molecule has 1 saturated heterocycles. The lowest BCUT2D eigenvalue weighted by Gasteiger charge is -2.38. The largest absolute Gasteiger partial charge is 0.313 e. The van der Waals surface area contributed by atoms with Crippen molar-refractivity contribution in [2.45, 2.75) is 45.2 Å². The van der Waals surface area contributed by atoms with Gasteiger partial charge in [0.15, 0.2) is 0 Å². The van der Waals surface area contributed by atoms with Gasteiger partial charge in [-0.2, -0.15) is 4.31 Å². The smallest absolute Gasteiger partial charge is 0.215 e. The Morgan fingerprint density at radius 1 is 1.20 bits per heavy atom. The van der Waals surface area contributed by atoms with E-state index >= 15 is 0 Å². The highest BCUT2D eigenvalue weighted by molar-refractivity contribution is 7.93. The second-order valence-corrected chi connectivity index (χ2v) is 9.77. The standard InChI is InChI=1S/C12H26N2O4S2/c1-4-13-11(2)12-7-5-6-8-14(12)20(17,18)10-9-19(3,15)16/h11-13H,4-10H2,1-3H3. The van der Waals surface area contributed by atoms with Gasteiger partial charge in [0.2, 0.25) is 10.0 Å². The maximum Gasteiger partial charge on any atom is 0.215 e. The summed E-state index contributed by atoms with van der Waals surface area (Å²) in [7, 11) is -6.78. The summed E-state index contributed by atoms with van der Waals surface area (Å²) < 4.78 is 48.6. The molecule has 0 aromatic rings. The van der Waals surface area contributed by atoms with E-state index in [0.717, 1.165) is 32.1 Å². The van der Waals surface area contributed by atoms with Crippen LogP contribution in [0.3, 0.4) is 0 Å². The number of piperidine rings is 1. The molecule has 0 amide bonds. The van der Waals surface area contributed by atoms with E-state index in [1.165, 1.54) is 4.31 Å². The number of hydrogen-bond acceptors (Lipinski definition) is 5. The van der Waals surface area contributed by atoms with Crippen molar-refractivity contribution in [1.82, 2.24) is 9.62 Å². The number of likely N-dealkylation sites (N-methyl/N-ethyl adjacent to an activating group) is 1. The van der Waals surface area contributed by atoms with Gasteiger partial charge in [-0.25, -0.2) is 16.8 Å². The van der Waals surface area contributed by atoms with Crippen molar-refractivity contribution in [3.8, 4) is 0 Å². The molecule has 1 N–H and O–H groups in total. The van der Waals surface area contributed by atoms with Crippen LogP contribution in [-0.2, 0) is 19.9 Å². The van der Waals surface area contributed by atoms with E-state index in [9.17, 15) is 16.8 Å². The number of sulfonamides is 1. The van der Waals surface area contributed by atoms with Gasteiger partial charge in [-0.05, 0) is 26.3 Å². The minimum atomic E-state index is -3.51. The van der Waals surface area contributed by atoms with Gasteiger partial charge in [0.05, 0.1) is 11.5 Å². The van der Waals surface area contributed by atoms with Crippen LogP contribution in [0.15, 0.2) is 0 Å². The lowest BCUT2D eigenvalue weighted by Crippen LogP contribution is -2.54. The maximum absolute atomic E-state index is 12.4. The van der Waals surface area contributed by atoms with Gasteiger partial charge in [-0.3, -0.25) is 0 Å². The summed E-state index contributed by atoms with van der Waals surface area (Å²) in [5.74, 6) is -0.630. The monoisotopic (exact) mass is 326 g/mol. The Balaban J connectivity index is 2.83. The van der Waals surface area contributed by atoms with Gasteiger partial charge in [0, 0.05) is 24.9 Å². The zero-order valence-electron chi connectivity index (χ0n) is 12.5. The maximum atomic E-state index is 12.4. The van der Waals surface area contributed by atoms with Crippen LogP contribution in [0.2, 0.25) is 0 Å². The summed E-state index contributed by atoms with van der Waals surface area (Å²) in [6, 6.07) is 0.00145. The number of sulfone groups is 1. The van der Waals surface area contributed by atoms with Crippen LogP contribution in [0.1, 0.15) is 33.1 Å². The quantitative estimate of drug-likeness (QED) is 0.723. The highest BCUT2D eigenvalue weighted by Crippen LogP contribution is 2.23. The van der Waals surface area contributed by atoms with E-state index in [4.69, 9.17) is 0 Å². The molecule has 2 unspecified atom stereocenters. The van der Waals surface area contributed by atoms with Crippen LogP contribution in [0.4, 0.5) is 0 Å². The van der Waals surface area contributed by atoms with Crippen molar-refractivity contribution in [3.05, 3.63) is 0 Å². The first-order chi connectivity index (χ1) is 9.17. The molecule has 0 bridgehead atoms. The number of nitrogens with one attached hydrogen (secondary N) is 1. The Bertz CT molecular complexity index is 502. The lowest BCUT2D eigenvalue weighted by molar-refractivity contribution is 0.210. The minimum absolute atomic E-state index is 0.0757. The molecule has 0 aliphatic carbocycles. The Morgan fingerprint density at radius 2 is 1.85 bits per heavy atom. The molecule has 0 radical (unpaired) electrons. The zero-order chi connectivity index (χ0) is 15.4. The van der Waals surface area contributed by atoms with E-state index < -0.39 is 19.9 Å². The predicted molar refractivity (Wildman–Crippen MR) is 81.0 cm³/mol. The molecule has 0 aromatic carbocycles. The topological polar surface area (TPSA) is 83.6 Å². The summed E-state index contributed by atoms with van der Waals surface area (Å²) in [5.41, 5.74) is 0. The molecular weight excluding hydrogens is 300 g/mol. The Kier molecular flexibility index (Phi) is 6.43. The highest BCUT2D eigenvalue weighted by atomic mass is 32.2. The Morgan fingerprint density at radius 3 is 2.40 bits per heavy atom. The van der Waals surface area contributed by atoms with Gasteiger partial charge in [0.25, 0.3) is 0 Å². The summed E-state index contributed by atoms with van der Waals surface area (Å²) in [4.78, 5) is 0. The molecule has 0 aromatic heterocycles. The third kappa shape index (κ3) is 5.31. The van der Waals surface area contributed by atoms with E-state index in [1.54, 1.807) is 0 Å². The Labute approximate surface area is 122 Å². The van der Waals surface area contributed by atoms with Crippen molar-refractivity contribution in [2.75, 3.05) is 30.9 Å². The zero-order valence-corrected chi connectivity index (χ0v) is 14.1. The summed E-state index contributed by atoms with van der Waals surface area (Å²) >= 11 is 0. The van der Waals surface area contributed by atoms with E-state index in [0.29, 0.717) is 6.54 Å². The first-order valence-electron chi connectivity index (χ1n) is 7.08. The van der Waals surface area contributed by atoms with Crippen LogP contribution >= 0.6 is 0 Å². The van der Waals surface area contributed by atoms with Crippen LogP contribution < -0.4 is 5.32 Å². The molecule has 20 heavy (non-hydrogen) atoms. The van der Waals surface area contributed by atoms with Gasteiger partial charge in [-0.15, -0.1) is 0 Å². The second kappa shape index (κ2) is 7.20. The van der Waals surface area contributed by atoms with Crippen molar-refractivity contribution >= 4 is 19.9 Å². The SMILES string of the molecule is CCNC(C)C1CCCCN1S(=O)(=O)CCS(C)(=O)=O. The fourth-order valence-corrected chi connectivity index (χ4v) is 6.00. The molecule has 1 aliphatic heterocycles. The van der Waals surface area contributed by atoms with E-state index in [2.05, 4.69) is 5.32 Å². The fraction of sp³-hybridized carbons (Fsp3) is 1.00. The molecule has 1 heterocycles. The van der Waals surface area contributed by atoms with Gasteiger partial charge in [0.1, 0.15) is 9.84 Å². The molecule has 1 rings (SSSR count). The van der Waals surface area contributed by atoms with E-state index in [1.807, 2.05) is 13.8 Å². The third-order valence-corrected chi connectivity index (χ3v) is 6.76. The second-order valence-electron chi connectivity index (χ2n) is 5.47. The van der Waals surface area contributed by atoms with Crippen molar-refractivity contribution in [1.29, 1.82) is 0 Å². The number of nitrogens with zero attached hydrogens (tertiary/aromatic N) is 1. The highest BCUT2D eigenvalue weighted by Gasteiger charge is 2.35. The van der Waals surface area contributed by atoms with Gasteiger partial charge in [-0.1, -0.05) is 13.3 Å². The average Bonchev–Trinajstić information content (AvgIpc) is 2.36. The predicted octanol–water partition coefficient (Wildman–Crippen LogP) is 0.213. The van der Waals surface area contributed by atoms with Gasteiger partial charge < -0.3 is 5.32 Å². The van der Waals surface area contributed by atoms with Crippen LogP contribution in [0.25, 0.3) is 0 Å². The summed E-state index contributed by atoms with van der Waals surface area (Å²) in [6.45, 7) is 5.25. The third-order valence-electron chi connectivity index (χ3n) is 3.67. The molecular formula is C12H26N2O4S2. The first-order valence-corrected chi connectivity index (χ1v) is 10.7. The first kappa shape index (κ1) is 17.9. The fourth-order valence-electron chi connectivity index (χ4n) is 2.61. The van der Waals surface area contributed by atoms with Crippen molar-refractivity contribution in [3.63, 3.8) is 0 Å². The lowest BCUT2D eigenvalue weighted by atomic mass is 9.99. The molecule has 0 spiro atoms. The molecule has 6 nitrogen and oxygen atoms in total. The van der Waals surface area contributed by atoms with Crippen LogP contribution in [0, 0.1) is 0 Å². The minimum Gasteiger partial charge on any atom is -0.313 e. The van der Waals surface area contributed by atoms with E-state index in [-0.39, 0.29) is 23.6 Å². The molecule has 1 aliphatic rings. The molecule has 2 atom stereocenters. The summed E-state index contributed by atoms with van der Waals surface area (Å²) in [6.07, 6.45) is 3.75. The average molecular weight is 326 g/mol. The summed E-state index contributed by atoms with van der Waals surface area (Å²) in [5, 5.41) is 3.27. The molecule has 120 valence electrons. The Hall–Kier alpha value is -0.180. The number of hydrogen-bond donors (Lipinski definition) is 1. The van der Waals surface area contributed by atoms with Gasteiger partial charge >= 0.3 is 0 Å². The molecule has 1 fully saturated rings. The van der Waals surface area contributed by atoms with Crippen molar-refractivity contribution in [2.24, 2.45) is 0 Å². The molecule has 8 heteroatoms. The van der Waals surface area contributed by atoms with Crippen LogP contribution in [0.5, 0.6) is 0 Å². The molecule has 0 saturated carbocycles. The normalized spacial score (nSPS) is 23.6. The van der Waals surface area contributed by atoms with Crippen molar-refractivity contribution < 1.29 is 16.8 Å².